The molecule has 2 N–H and O–H groups in total. The average Bonchev–Trinajstić information content (AvgIpc) is 3.20. The van der Waals surface area contributed by atoms with Crippen LogP contribution < -0.4 is 11.2 Å². The van der Waals surface area contributed by atoms with E-state index in [0.29, 0.717) is 23.6 Å². The molecule has 2 heterocycles. The van der Waals surface area contributed by atoms with Crippen LogP contribution >= 0.6 is 0 Å². The lowest BCUT2D eigenvalue weighted by Crippen LogP contribution is -2.48. The van der Waals surface area contributed by atoms with Crippen molar-refractivity contribution in [2.45, 2.75) is 64.3 Å². The second kappa shape index (κ2) is 9.72. The number of nitrogens with one attached hydrogen (secondary N) is 1. The SMILES string of the molecule is Cc1nn(Cc2ccccc2)c(C)c1N=Cc1c(O)n(-c2ccc(C34CC5CC(CC(C5)C3)C4)cc2)c(=O)[nH]c1=O. The van der Waals surface area contributed by atoms with Crippen LogP contribution in [-0.4, -0.2) is 30.7 Å². The summed E-state index contributed by atoms with van der Waals surface area (Å²) < 4.78 is 3.01. The number of aromatic nitrogens is 4. The molecule has 0 radical (unpaired) electrons. The molecule has 0 spiro atoms. The number of hydrogen-bond acceptors (Lipinski definition) is 5. The van der Waals surface area contributed by atoms with E-state index in [9.17, 15) is 14.7 Å². The van der Waals surface area contributed by atoms with Gasteiger partial charge in [-0.3, -0.25) is 19.5 Å². The first-order valence-electron chi connectivity index (χ1n) is 14.6. The van der Waals surface area contributed by atoms with Gasteiger partial charge in [0.05, 0.1) is 23.6 Å². The first kappa shape index (κ1) is 25.7. The van der Waals surface area contributed by atoms with Crippen LogP contribution in [0.1, 0.15) is 66.6 Å². The molecule has 0 amide bonds. The lowest BCUT2D eigenvalue weighted by molar-refractivity contribution is -0.00518. The number of H-pyrrole nitrogens is 1. The minimum absolute atomic E-state index is 0.0793. The van der Waals surface area contributed by atoms with Gasteiger partial charge in [0.1, 0.15) is 11.3 Å². The van der Waals surface area contributed by atoms with Crippen molar-refractivity contribution in [1.29, 1.82) is 0 Å². The molecular formula is C33H35N5O3. The summed E-state index contributed by atoms with van der Waals surface area (Å²) in [6.07, 6.45) is 9.23. The first-order valence-corrected chi connectivity index (χ1v) is 14.6. The van der Waals surface area contributed by atoms with E-state index in [4.69, 9.17) is 0 Å². The Balaban J connectivity index is 1.19. The van der Waals surface area contributed by atoms with Gasteiger partial charge in [0.15, 0.2) is 0 Å². The van der Waals surface area contributed by atoms with Crippen molar-refractivity contribution in [2.24, 2.45) is 22.7 Å². The number of aliphatic imine (C=N–C) groups is 1. The van der Waals surface area contributed by atoms with Crippen LogP contribution in [0.25, 0.3) is 5.69 Å². The molecule has 0 aliphatic heterocycles. The minimum Gasteiger partial charge on any atom is -0.493 e. The molecule has 8 nitrogen and oxygen atoms in total. The number of benzene rings is 2. The Morgan fingerprint density at radius 3 is 2.24 bits per heavy atom. The lowest BCUT2D eigenvalue weighted by atomic mass is 9.48. The van der Waals surface area contributed by atoms with Crippen molar-refractivity contribution in [2.75, 3.05) is 0 Å². The summed E-state index contributed by atoms with van der Waals surface area (Å²) in [4.78, 5) is 32.5. The summed E-state index contributed by atoms with van der Waals surface area (Å²) >= 11 is 0. The van der Waals surface area contributed by atoms with Crippen molar-refractivity contribution in [3.8, 4) is 11.6 Å². The summed E-state index contributed by atoms with van der Waals surface area (Å²) in [7, 11) is 0. The Hall–Kier alpha value is -4.20. The molecule has 0 unspecified atom stereocenters. The van der Waals surface area contributed by atoms with Gasteiger partial charge in [-0.1, -0.05) is 42.5 Å². The van der Waals surface area contributed by atoms with E-state index in [-0.39, 0.29) is 11.0 Å². The Bertz CT molecular complexity index is 1730. The van der Waals surface area contributed by atoms with E-state index in [0.717, 1.165) is 33.6 Å². The van der Waals surface area contributed by atoms with E-state index < -0.39 is 17.1 Å². The minimum atomic E-state index is -0.690. The van der Waals surface area contributed by atoms with Crippen molar-refractivity contribution < 1.29 is 5.11 Å². The Morgan fingerprint density at radius 2 is 1.61 bits per heavy atom. The molecular weight excluding hydrogens is 514 g/mol. The summed E-state index contributed by atoms with van der Waals surface area (Å²) in [6, 6.07) is 18.0. The van der Waals surface area contributed by atoms with Gasteiger partial charge < -0.3 is 5.11 Å². The molecule has 8 heteroatoms. The maximum absolute atomic E-state index is 12.9. The van der Waals surface area contributed by atoms with E-state index in [2.05, 4.69) is 27.2 Å². The van der Waals surface area contributed by atoms with Gasteiger partial charge in [-0.2, -0.15) is 5.10 Å². The molecule has 4 aromatic rings. The van der Waals surface area contributed by atoms with Crippen LogP contribution in [0.15, 0.2) is 69.2 Å². The van der Waals surface area contributed by atoms with Gasteiger partial charge in [-0.15, -0.1) is 0 Å². The molecule has 4 aliphatic carbocycles. The van der Waals surface area contributed by atoms with E-state index in [1.165, 1.54) is 50.3 Å². The topological polar surface area (TPSA) is 105 Å². The monoisotopic (exact) mass is 549 g/mol. The number of aromatic hydroxyl groups is 1. The predicted molar refractivity (Wildman–Crippen MR) is 159 cm³/mol. The van der Waals surface area contributed by atoms with Crippen molar-refractivity contribution >= 4 is 11.9 Å². The molecule has 0 saturated heterocycles. The molecule has 4 saturated carbocycles. The zero-order valence-electron chi connectivity index (χ0n) is 23.5. The van der Waals surface area contributed by atoms with Gasteiger partial charge >= 0.3 is 5.69 Å². The fourth-order valence-corrected chi connectivity index (χ4v) is 8.24. The van der Waals surface area contributed by atoms with Gasteiger partial charge in [0.2, 0.25) is 5.88 Å². The summed E-state index contributed by atoms with van der Waals surface area (Å²) in [6.45, 7) is 4.38. The largest absolute Gasteiger partial charge is 0.493 e. The Morgan fingerprint density at radius 1 is 0.976 bits per heavy atom. The van der Waals surface area contributed by atoms with Crippen molar-refractivity contribution in [1.82, 2.24) is 19.3 Å². The van der Waals surface area contributed by atoms with Crippen molar-refractivity contribution in [3.05, 3.63) is 104 Å². The number of aryl methyl sites for hydroxylation is 1. The molecule has 4 fully saturated rings. The van der Waals surface area contributed by atoms with Crippen molar-refractivity contribution in [3.63, 3.8) is 0 Å². The summed E-state index contributed by atoms with van der Waals surface area (Å²) in [5.74, 6) is 2.08. The highest BCUT2D eigenvalue weighted by atomic mass is 16.3. The first-order chi connectivity index (χ1) is 19.8. The van der Waals surface area contributed by atoms with Gasteiger partial charge in [0, 0.05) is 6.21 Å². The van der Waals surface area contributed by atoms with Gasteiger partial charge in [-0.25, -0.2) is 9.36 Å². The summed E-state index contributed by atoms with van der Waals surface area (Å²) in [5.41, 5.74) is 3.91. The number of rotatable bonds is 6. The molecule has 4 aliphatic rings. The fraction of sp³-hybridized carbons (Fsp3) is 0.394. The van der Waals surface area contributed by atoms with Crippen LogP contribution in [-0.2, 0) is 12.0 Å². The standard InChI is InChI=1S/C33H35N5O3/c1-20-29(21(2)37(36-20)19-22-6-4-3-5-7-22)34-18-28-30(39)35-32(41)38(31(28)40)27-10-8-26(9-11-27)33-15-23-12-24(16-33)14-25(13-23)17-33/h3-11,18,23-25,40H,12-17,19H2,1-2H3,(H,35,39,41). The van der Waals surface area contributed by atoms with E-state index in [1.54, 1.807) is 0 Å². The average molecular weight is 550 g/mol. The Kier molecular flexibility index (Phi) is 6.10. The van der Waals surface area contributed by atoms with E-state index in [1.807, 2.05) is 61.0 Å². The number of aromatic amines is 1. The smallest absolute Gasteiger partial charge is 0.335 e. The zero-order chi connectivity index (χ0) is 28.3. The molecule has 210 valence electrons. The van der Waals surface area contributed by atoms with Gasteiger partial charge in [0.25, 0.3) is 5.56 Å². The molecule has 41 heavy (non-hydrogen) atoms. The number of nitrogens with zero attached hydrogens (tertiary/aromatic N) is 4. The summed E-state index contributed by atoms with van der Waals surface area (Å²) in [5, 5.41) is 15.8. The Labute approximate surface area is 238 Å². The lowest BCUT2D eigenvalue weighted by Gasteiger charge is -2.57. The predicted octanol–water partition coefficient (Wildman–Crippen LogP) is 5.31. The molecule has 4 bridgehead atoms. The molecule has 8 rings (SSSR count). The van der Waals surface area contributed by atoms with Gasteiger partial charge in [-0.05, 0) is 98.8 Å². The molecule has 0 atom stereocenters. The second-order valence-electron chi connectivity index (χ2n) is 12.5. The maximum atomic E-state index is 12.9. The highest BCUT2D eigenvalue weighted by molar-refractivity contribution is 5.84. The highest BCUT2D eigenvalue weighted by Crippen LogP contribution is 2.60. The fourth-order valence-electron chi connectivity index (χ4n) is 8.24. The highest BCUT2D eigenvalue weighted by Gasteiger charge is 2.51. The van der Waals surface area contributed by atoms with Crippen LogP contribution in [0.5, 0.6) is 5.88 Å². The number of hydrogen-bond donors (Lipinski definition) is 2. The van der Waals surface area contributed by atoms with E-state index >= 15 is 0 Å². The second-order valence-corrected chi connectivity index (χ2v) is 12.5. The third-order valence-electron chi connectivity index (χ3n) is 9.74. The molecule has 2 aromatic heterocycles. The van der Waals surface area contributed by atoms with Crippen LogP contribution in [0.3, 0.4) is 0 Å². The van der Waals surface area contributed by atoms with Crippen LogP contribution in [0.4, 0.5) is 5.69 Å². The van der Waals surface area contributed by atoms with Crippen LogP contribution in [0.2, 0.25) is 0 Å². The van der Waals surface area contributed by atoms with Crippen LogP contribution in [0, 0.1) is 31.6 Å². The third kappa shape index (κ3) is 4.46. The quantitative estimate of drug-likeness (QED) is 0.318. The maximum Gasteiger partial charge on any atom is 0.335 e. The normalized spacial score (nSPS) is 24.9. The zero-order valence-corrected chi connectivity index (χ0v) is 23.5. The third-order valence-corrected chi connectivity index (χ3v) is 9.74. The molecule has 2 aromatic carbocycles.